The predicted octanol–water partition coefficient (Wildman–Crippen LogP) is 5.75. The van der Waals surface area contributed by atoms with Gasteiger partial charge in [-0.25, -0.2) is 14.4 Å². The quantitative estimate of drug-likeness (QED) is 0.513. The molecular formula is C24H23ClFN3O2. The second kappa shape index (κ2) is 9.43. The predicted molar refractivity (Wildman–Crippen MR) is 119 cm³/mol. The minimum Gasteiger partial charge on any atom is -0.469 e. The van der Waals surface area contributed by atoms with E-state index in [-0.39, 0.29) is 23.7 Å². The first-order valence-corrected chi connectivity index (χ1v) is 10.6. The van der Waals surface area contributed by atoms with Gasteiger partial charge in [0.25, 0.3) is 0 Å². The van der Waals surface area contributed by atoms with Crippen molar-refractivity contribution in [2.45, 2.75) is 31.7 Å². The molecule has 2 atom stereocenters. The molecule has 1 aliphatic rings. The molecule has 0 amide bonds. The lowest BCUT2D eigenvalue weighted by atomic mass is 9.86. The van der Waals surface area contributed by atoms with Crippen molar-refractivity contribution in [2.75, 3.05) is 12.4 Å². The zero-order valence-electron chi connectivity index (χ0n) is 17.1. The van der Waals surface area contributed by atoms with E-state index in [9.17, 15) is 9.18 Å². The van der Waals surface area contributed by atoms with E-state index < -0.39 is 0 Å². The molecule has 2 aromatic carbocycles. The smallest absolute Gasteiger partial charge is 0.308 e. The molecule has 0 aliphatic heterocycles. The van der Waals surface area contributed by atoms with Crippen molar-refractivity contribution in [3.8, 4) is 22.4 Å². The van der Waals surface area contributed by atoms with Crippen LogP contribution in [0, 0.1) is 11.7 Å². The van der Waals surface area contributed by atoms with Gasteiger partial charge in [0.1, 0.15) is 5.82 Å². The van der Waals surface area contributed by atoms with Crippen LogP contribution in [-0.4, -0.2) is 29.1 Å². The highest BCUT2D eigenvalue weighted by Crippen LogP contribution is 2.31. The van der Waals surface area contributed by atoms with Gasteiger partial charge in [0.2, 0.25) is 5.95 Å². The number of rotatable bonds is 5. The third-order valence-corrected chi connectivity index (χ3v) is 5.88. The van der Waals surface area contributed by atoms with Gasteiger partial charge in [-0.05, 0) is 48.6 Å². The second-order valence-electron chi connectivity index (χ2n) is 7.71. The number of hydrogen-bond donors (Lipinski definition) is 1. The number of halogens is 2. The molecule has 1 aromatic heterocycles. The SMILES string of the molecule is COC(=O)[C@H]1CCC[C@@H](Nc2ncc(Cl)c(-c3cccc(-c4ccc(F)cc4)c3)n2)C1. The summed E-state index contributed by atoms with van der Waals surface area (Å²) >= 11 is 6.41. The first-order valence-electron chi connectivity index (χ1n) is 10.3. The number of hydrogen-bond acceptors (Lipinski definition) is 5. The monoisotopic (exact) mass is 439 g/mol. The van der Waals surface area contributed by atoms with Gasteiger partial charge in [0, 0.05) is 11.6 Å². The molecule has 1 heterocycles. The maximum absolute atomic E-state index is 13.3. The van der Waals surface area contributed by atoms with Crippen LogP contribution >= 0.6 is 11.6 Å². The number of methoxy groups -OCH3 is 1. The van der Waals surface area contributed by atoms with Crippen molar-refractivity contribution in [3.63, 3.8) is 0 Å². The number of esters is 1. The van der Waals surface area contributed by atoms with E-state index in [0.29, 0.717) is 23.1 Å². The standard InChI is InChI=1S/C24H23ClFN3O2/c1-31-23(30)18-6-3-7-20(13-18)28-24-27-14-21(25)22(29-24)17-5-2-4-16(12-17)15-8-10-19(26)11-9-15/h2,4-5,8-12,14,18,20H,3,6-7,13H2,1H3,(H,27,28,29)/t18-,20+/m0/s1. The van der Waals surface area contributed by atoms with Gasteiger partial charge in [-0.3, -0.25) is 4.79 Å². The van der Waals surface area contributed by atoms with E-state index in [0.717, 1.165) is 36.0 Å². The summed E-state index contributed by atoms with van der Waals surface area (Å²) < 4.78 is 18.2. The molecule has 0 bridgehead atoms. The van der Waals surface area contributed by atoms with E-state index in [4.69, 9.17) is 16.3 Å². The van der Waals surface area contributed by atoms with Crippen LogP contribution < -0.4 is 5.32 Å². The molecule has 1 saturated carbocycles. The van der Waals surface area contributed by atoms with Crippen LogP contribution in [0.1, 0.15) is 25.7 Å². The highest BCUT2D eigenvalue weighted by Gasteiger charge is 2.28. The molecule has 1 aliphatic carbocycles. The van der Waals surface area contributed by atoms with Crippen LogP contribution in [0.5, 0.6) is 0 Å². The molecule has 160 valence electrons. The summed E-state index contributed by atoms with van der Waals surface area (Å²) in [5.41, 5.74) is 3.30. The summed E-state index contributed by atoms with van der Waals surface area (Å²) in [6.07, 6.45) is 4.99. The minimum atomic E-state index is -0.272. The Morgan fingerprint density at radius 2 is 1.90 bits per heavy atom. The molecular weight excluding hydrogens is 417 g/mol. The Bertz CT molecular complexity index is 1070. The highest BCUT2D eigenvalue weighted by molar-refractivity contribution is 6.32. The Balaban J connectivity index is 1.56. The molecule has 1 N–H and O–H groups in total. The molecule has 31 heavy (non-hydrogen) atoms. The third-order valence-electron chi connectivity index (χ3n) is 5.60. The number of carbonyl (C=O) groups excluding carboxylic acids is 1. The molecule has 0 saturated heterocycles. The van der Waals surface area contributed by atoms with Gasteiger partial charge in [0.15, 0.2) is 0 Å². The third kappa shape index (κ3) is 5.02. The maximum Gasteiger partial charge on any atom is 0.308 e. The van der Waals surface area contributed by atoms with Crippen molar-refractivity contribution in [2.24, 2.45) is 5.92 Å². The molecule has 0 unspecified atom stereocenters. The number of ether oxygens (including phenoxy) is 1. The van der Waals surface area contributed by atoms with Gasteiger partial charge >= 0.3 is 5.97 Å². The molecule has 5 nitrogen and oxygen atoms in total. The van der Waals surface area contributed by atoms with Crippen molar-refractivity contribution in [3.05, 3.63) is 65.6 Å². The zero-order chi connectivity index (χ0) is 21.8. The van der Waals surface area contributed by atoms with Crippen LogP contribution in [0.25, 0.3) is 22.4 Å². The fraction of sp³-hybridized carbons (Fsp3) is 0.292. The Labute approximate surface area is 185 Å². The zero-order valence-corrected chi connectivity index (χ0v) is 17.9. The summed E-state index contributed by atoms with van der Waals surface area (Å²) in [7, 11) is 1.42. The summed E-state index contributed by atoms with van der Waals surface area (Å²) in [5, 5.41) is 3.79. The summed E-state index contributed by atoms with van der Waals surface area (Å²) in [6.45, 7) is 0. The number of carbonyl (C=O) groups is 1. The first-order chi connectivity index (χ1) is 15.0. The minimum absolute atomic E-state index is 0.0948. The lowest BCUT2D eigenvalue weighted by Crippen LogP contribution is -2.32. The van der Waals surface area contributed by atoms with Crippen LogP contribution in [0.15, 0.2) is 54.7 Å². The lowest BCUT2D eigenvalue weighted by molar-refractivity contribution is -0.146. The number of benzene rings is 2. The van der Waals surface area contributed by atoms with E-state index >= 15 is 0 Å². The molecule has 0 spiro atoms. The first kappa shape index (κ1) is 21.2. The van der Waals surface area contributed by atoms with Gasteiger partial charge in [-0.1, -0.05) is 48.4 Å². The lowest BCUT2D eigenvalue weighted by Gasteiger charge is -2.28. The van der Waals surface area contributed by atoms with Gasteiger partial charge < -0.3 is 10.1 Å². The van der Waals surface area contributed by atoms with Gasteiger partial charge in [-0.15, -0.1) is 0 Å². The Morgan fingerprint density at radius 3 is 2.68 bits per heavy atom. The normalized spacial score (nSPS) is 18.4. The number of aromatic nitrogens is 2. The van der Waals surface area contributed by atoms with Crippen LogP contribution in [0.3, 0.4) is 0 Å². The van der Waals surface area contributed by atoms with Crippen molar-refractivity contribution in [1.29, 1.82) is 0 Å². The Morgan fingerprint density at radius 1 is 1.13 bits per heavy atom. The fourth-order valence-electron chi connectivity index (χ4n) is 4.01. The maximum atomic E-state index is 13.3. The van der Waals surface area contributed by atoms with Gasteiger partial charge in [-0.2, -0.15) is 0 Å². The summed E-state index contributed by atoms with van der Waals surface area (Å²) in [4.78, 5) is 20.9. The van der Waals surface area contributed by atoms with Crippen LogP contribution in [0.2, 0.25) is 5.02 Å². The summed E-state index contributed by atoms with van der Waals surface area (Å²) in [6, 6.07) is 14.2. The van der Waals surface area contributed by atoms with E-state index in [1.165, 1.54) is 19.2 Å². The van der Waals surface area contributed by atoms with Crippen molar-refractivity contribution >= 4 is 23.5 Å². The second-order valence-corrected chi connectivity index (χ2v) is 8.11. The Kier molecular flexibility index (Phi) is 6.47. The molecule has 7 heteroatoms. The van der Waals surface area contributed by atoms with Crippen LogP contribution in [-0.2, 0) is 9.53 Å². The number of nitrogens with zero attached hydrogens (tertiary/aromatic N) is 2. The largest absolute Gasteiger partial charge is 0.469 e. The Hall–Kier alpha value is -2.99. The summed E-state index contributed by atoms with van der Waals surface area (Å²) in [5.74, 6) is -0.0639. The molecule has 3 aromatic rings. The van der Waals surface area contributed by atoms with Crippen molar-refractivity contribution in [1.82, 2.24) is 9.97 Å². The average Bonchev–Trinajstić information content (AvgIpc) is 2.80. The van der Waals surface area contributed by atoms with E-state index in [1.54, 1.807) is 18.3 Å². The molecule has 1 fully saturated rings. The van der Waals surface area contributed by atoms with Crippen LogP contribution in [0.4, 0.5) is 10.3 Å². The average molecular weight is 440 g/mol. The van der Waals surface area contributed by atoms with Crippen molar-refractivity contribution < 1.29 is 13.9 Å². The molecule has 0 radical (unpaired) electrons. The number of anilines is 1. The molecule has 4 rings (SSSR count). The van der Waals surface area contributed by atoms with Gasteiger partial charge in [0.05, 0.1) is 29.9 Å². The number of nitrogens with one attached hydrogen (secondary N) is 1. The highest BCUT2D eigenvalue weighted by atomic mass is 35.5. The fourth-order valence-corrected chi connectivity index (χ4v) is 4.21. The topological polar surface area (TPSA) is 64.1 Å². The van der Waals surface area contributed by atoms with E-state index in [2.05, 4.69) is 15.3 Å². The van der Waals surface area contributed by atoms with E-state index in [1.807, 2.05) is 24.3 Å².